The third-order valence-corrected chi connectivity index (χ3v) is 3.33. The van der Waals surface area contributed by atoms with Crippen molar-refractivity contribution in [3.63, 3.8) is 0 Å². The van der Waals surface area contributed by atoms with E-state index in [4.69, 9.17) is 4.74 Å². The summed E-state index contributed by atoms with van der Waals surface area (Å²) >= 11 is 2.19. The quantitative estimate of drug-likeness (QED) is 0.809. The van der Waals surface area contributed by atoms with Crippen molar-refractivity contribution in [2.75, 3.05) is 6.61 Å². The summed E-state index contributed by atoms with van der Waals surface area (Å²) in [4.78, 5) is 16.2. The number of ether oxygens (including phenoxy) is 1. The van der Waals surface area contributed by atoms with Gasteiger partial charge in [0.15, 0.2) is 0 Å². The van der Waals surface area contributed by atoms with E-state index in [9.17, 15) is 4.79 Å². The van der Waals surface area contributed by atoms with Crippen LogP contribution in [0.3, 0.4) is 0 Å². The van der Waals surface area contributed by atoms with E-state index in [-0.39, 0.29) is 5.91 Å². The molecular weight excluding hydrogens is 367 g/mol. The lowest BCUT2D eigenvalue weighted by molar-refractivity contribution is 0.0950. The number of halogens is 1. The van der Waals surface area contributed by atoms with E-state index in [0.717, 1.165) is 9.13 Å². The highest BCUT2D eigenvalue weighted by atomic mass is 127. The number of rotatable bonds is 5. The molecule has 20 heavy (non-hydrogen) atoms. The minimum absolute atomic E-state index is 0.102. The Kier molecular flexibility index (Phi) is 5.34. The molecule has 0 aliphatic rings. The molecule has 0 atom stereocenters. The van der Waals surface area contributed by atoms with Gasteiger partial charge in [-0.25, -0.2) is 4.98 Å². The Labute approximate surface area is 131 Å². The van der Waals surface area contributed by atoms with Crippen molar-refractivity contribution >= 4 is 28.5 Å². The summed E-state index contributed by atoms with van der Waals surface area (Å²) < 4.78 is 6.46. The van der Waals surface area contributed by atoms with Crippen LogP contribution >= 0.6 is 22.6 Å². The van der Waals surface area contributed by atoms with E-state index in [2.05, 4.69) is 32.9 Å². The first kappa shape index (κ1) is 14.8. The van der Waals surface area contributed by atoms with E-state index in [1.54, 1.807) is 12.3 Å². The minimum atomic E-state index is -0.102. The van der Waals surface area contributed by atoms with Crippen LogP contribution in [0, 0.1) is 3.57 Å². The van der Waals surface area contributed by atoms with E-state index in [1.165, 1.54) is 0 Å². The summed E-state index contributed by atoms with van der Waals surface area (Å²) in [6, 6.07) is 11.2. The topological polar surface area (TPSA) is 51.2 Å². The van der Waals surface area contributed by atoms with E-state index in [0.29, 0.717) is 24.6 Å². The predicted octanol–water partition coefficient (Wildman–Crippen LogP) is 3.01. The van der Waals surface area contributed by atoms with Crippen LogP contribution in [-0.4, -0.2) is 17.5 Å². The Balaban J connectivity index is 2.03. The van der Waals surface area contributed by atoms with Gasteiger partial charge in [-0.3, -0.25) is 4.79 Å². The molecule has 1 aromatic heterocycles. The van der Waals surface area contributed by atoms with Crippen LogP contribution in [0.5, 0.6) is 5.88 Å². The van der Waals surface area contributed by atoms with Crippen molar-refractivity contribution in [3.8, 4) is 5.88 Å². The minimum Gasteiger partial charge on any atom is -0.478 e. The molecule has 0 saturated heterocycles. The number of nitrogens with zero attached hydrogens (tertiary/aromatic N) is 1. The molecule has 2 rings (SSSR count). The second-order valence-corrected chi connectivity index (χ2v) is 5.34. The van der Waals surface area contributed by atoms with Crippen LogP contribution in [0.2, 0.25) is 0 Å². The van der Waals surface area contributed by atoms with Gasteiger partial charge in [0, 0.05) is 27.4 Å². The molecular formula is C15H15IN2O2. The fourth-order valence-corrected chi connectivity index (χ4v) is 2.28. The highest BCUT2D eigenvalue weighted by Crippen LogP contribution is 2.14. The maximum atomic E-state index is 12.1. The second kappa shape index (κ2) is 7.23. The Morgan fingerprint density at radius 3 is 2.95 bits per heavy atom. The summed E-state index contributed by atoms with van der Waals surface area (Å²) in [5.74, 6) is 0.466. The smallest absolute Gasteiger partial charge is 0.251 e. The number of carbonyl (C=O) groups excluding carboxylic acids is 1. The molecule has 0 aliphatic carbocycles. The van der Waals surface area contributed by atoms with E-state index >= 15 is 0 Å². The van der Waals surface area contributed by atoms with Crippen LogP contribution < -0.4 is 10.1 Å². The summed E-state index contributed by atoms with van der Waals surface area (Å²) in [7, 11) is 0. The van der Waals surface area contributed by atoms with Gasteiger partial charge in [-0.1, -0.05) is 12.1 Å². The summed E-state index contributed by atoms with van der Waals surface area (Å²) in [6.45, 7) is 2.85. The van der Waals surface area contributed by atoms with Gasteiger partial charge in [-0.15, -0.1) is 0 Å². The van der Waals surface area contributed by atoms with E-state index < -0.39 is 0 Å². The molecule has 0 bridgehead atoms. The average Bonchev–Trinajstić information content (AvgIpc) is 2.46. The lowest BCUT2D eigenvalue weighted by Crippen LogP contribution is -2.23. The van der Waals surface area contributed by atoms with Crippen molar-refractivity contribution in [2.45, 2.75) is 13.5 Å². The molecule has 2 aromatic rings. The predicted molar refractivity (Wildman–Crippen MR) is 85.7 cm³/mol. The molecule has 104 valence electrons. The van der Waals surface area contributed by atoms with Gasteiger partial charge in [0.25, 0.3) is 5.91 Å². The number of benzene rings is 1. The van der Waals surface area contributed by atoms with Gasteiger partial charge >= 0.3 is 0 Å². The van der Waals surface area contributed by atoms with Crippen molar-refractivity contribution < 1.29 is 9.53 Å². The maximum Gasteiger partial charge on any atom is 0.251 e. The monoisotopic (exact) mass is 382 g/mol. The molecule has 5 heteroatoms. The standard InChI is InChI=1S/C15H15IN2O2/c1-2-20-15-12(6-4-8-17-15)10-18-14(19)11-5-3-7-13(16)9-11/h3-9H,2,10H2,1H3,(H,18,19). The molecule has 0 spiro atoms. The highest BCUT2D eigenvalue weighted by Gasteiger charge is 2.08. The molecule has 1 N–H and O–H groups in total. The van der Waals surface area contributed by atoms with Gasteiger partial charge in [-0.05, 0) is 53.8 Å². The third-order valence-electron chi connectivity index (χ3n) is 2.66. The van der Waals surface area contributed by atoms with Crippen LogP contribution in [0.25, 0.3) is 0 Å². The molecule has 0 aliphatic heterocycles. The van der Waals surface area contributed by atoms with Gasteiger partial charge in [0.2, 0.25) is 5.88 Å². The van der Waals surface area contributed by atoms with Gasteiger partial charge in [-0.2, -0.15) is 0 Å². The van der Waals surface area contributed by atoms with Crippen molar-refractivity contribution in [2.24, 2.45) is 0 Å². The van der Waals surface area contributed by atoms with Crippen LogP contribution in [0.1, 0.15) is 22.8 Å². The second-order valence-electron chi connectivity index (χ2n) is 4.09. The number of hydrogen-bond donors (Lipinski definition) is 1. The average molecular weight is 382 g/mol. The molecule has 1 amide bonds. The molecule has 4 nitrogen and oxygen atoms in total. The number of aromatic nitrogens is 1. The first-order valence-electron chi connectivity index (χ1n) is 6.31. The van der Waals surface area contributed by atoms with E-state index in [1.807, 2.05) is 37.3 Å². The largest absolute Gasteiger partial charge is 0.478 e. The zero-order valence-electron chi connectivity index (χ0n) is 11.1. The lowest BCUT2D eigenvalue weighted by atomic mass is 10.2. The Bertz CT molecular complexity index is 602. The van der Waals surface area contributed by atoms with Crippen molar-refractivity contribution in [3.05, 3.63) is 57.3 Å². The molecule has 0 saturated carbocycles. The van der Waals surface area contributed by atoms with Crippen LogP contribution in [0.4, 0.5) is 0 Å². The number of amides is 1. The highest BCUT2D eigenvalue weighted by molar-refractivity contribution is 14.1. The zero-order chi connectivity index (χ0) is 14.4. The van der Waals surface area contributed by atoms with Crippen molar-refractivity contribution in [1.29, 1.82) is 0 Å². The Hall–Kier alpha value is -1.63. The first-order valence-corrected chi connectivity index (χ1v) is 7.39. The Morgan fingerprint density at radius 1 is 1.35 bits per heavy atom. The number of hydrogen-bond acceptors (Lipinski definition) is 3. The van der Waals surface area contributed by atoms with Gasteiger partial charge in [0.1, 0.15) is 0 Å². The lowest BCUT2D eigenvalue weighted by Gasteiger charge is -2.10. The molecule has 1 heterocycles. The maximum absolute atomic E-state index is 12.1. The van der Waals surface area contributed by atoms with Crippen LogP contribution in [-0.2, 0) is 6.54 Å². The van der Waals surface area contributed by atoms with Gasteiger partial charge < -0.3 is 10.1 Å². The van der Waals surface area contributed by atoms with Crippen molar-refractivity contribution in [1.82, 2.24) is 10.3 Å². The normalized spacial score (nSPS) is 10.1. The molecule has 0 unspecified atom stereocenters. The molecule has 1 aromatic carbocycles. The third kappa shape index (κ3) is 3.93. The first-order chi connectivity index (χ1) is 9.70. The van der Waals surface area contributed by atoms with Crippen LogP contribution in [0.15, 0.2) is 42.6 Å². The molecule has 0 fully saturated rings. The number of carbonyl (C=O) groups is 1. The fraction of sp³-hybridized carbons (Fsp3) is 0.200. The number of pyridine rings is 1. The number of nitrogens with one attached hydrogen (secondary N) is 1. The fourth-order valence-electron chi connectivity index (χ4n) is 1.73. The summed E-state index contributed by atoms with van der Waals surface area (Å²) in [5, 5.41) is 2.88. The summed E-state index contributed by atoms with van der Waals surface area (Å²) in [6.07, 6.45) is 1.68. The molecule has 0 radical (unpaired) electrons. The summed E-state index contributed by atoms with van der Waals surface area (Å²) in [5.41, 5.74) is 1.52. The SMILES string of the molecule is CCOc1ncccc1CNC(=O)c1cccc(I)c1. The zero-order valence-corrected chi connectivity index (χ0v) is 13.3. The van der Waals surface area contributed by atoms with Gasteiger partial charge in [0.05, 0.1) is 6.61 Å². The Morgan fingerprint density at radius 2 is 2.20 bits per heavy atom.